The number of nitrogens with zero attached hydrogens (tertiary/aromatic N) is 2. The van der Waals surface area contributed by atoms with E-state index in [0.29, 0.717) is 18.7 Å². The summed E-state index contributed by atoms with van der Waals surface area (Å²) in [6.07, 6.45) is 1.68. The Kier molecular flexibility index (Phi) is 4.98. The van der Waals surface area contributed by atoms with Crippen LogP contribution in [0.3, 0.4) is 0 Å². The standard InChI is InChI=1S/C14H21FN2O3S/c1-16(2)12-4-3-7-17(9-12)21(19,20)14-8-11(10-18)5-6-13(14)15/h5-6,8,12,18H,3-4,7,9-10H2,1-2H3. The van der Waals surface area contributed by atoms with Gasteiger partial charge in [0.2, 0.25) is 10.0 Å². The van der Waals surface area contributed by atoms with Crippen LogP contribution in [0.25, 0.3) is 0 Å². The van der Waals surface area contributed by atoms with Gasteiger partial charge in [-0.2, -0.15) is 4.31 Å². The van der Waals surface area contributed by atoms with Crippen LogP contribution in [0.5, 0.6) is 0 Å². The van der Waals surface area contributed by atoms with E-state index < -0.39 is 15.8 Å². The average Bonchev–Trinajstić information content (AvgIpc) is 2.47. The fraction of sp³-hybridized carbons (Fsp3) is 0.571. The summed E-state index contributed by atoms with van der Waals surface area (Å²) in [5.41, 5.74) is 0.385. The molecule has 1 aliphatic heterocycles. The first-order valence-electron chi connectivity index (χ1n) is 6.92. The molecule has 0 spiro atoms. The molecule has 5 nitrogen and oxygen atoms in total. The molecular weight excluding hydrogens is 295 g/mol. The molecule has 1 aromatic carbocycles. The van der Waals surface area contributed by atoms with Crippen LogP contribution in [0.2, 0.25) is 0 Å². The number of piperidine rings is 1. The van der Waals surface area contributed by atoms with E-state index in [1.165, 1.54) is 16.4 Å². The van der Waals surface area contributed by atoms with Crippen molar-refractivity contribution in [2.45, 2.75) is 30.4 Å². The SMILES string of the molecule is CN(C)C1CCCN(S(=O)(=O)c2cc(CO)ccc2F)C1. The maximum atomic E-state index is 13.9. The minimum absolute atomic E-state index is 0.137. The highest BCUT2D eigenvalue weighted by Crippen LogP contribution is 2.25. The number of sulfonamides is 1. The Labute approximate surface area is 125 Å². The predicted molar refractivity (Wildman–Crippen MR) is 77.8 cm³/mol. The Bertz CT molecular complexity index is 604. The fourth-order valence-corrected chi connectivity index (χ4v) is 4.17. The summed E-state index contributed by atoms with van der Waals surface area (Å²) in [7, 11) is -0.0502. The Morgan fingerprint density at radius 3 is 2.76 bits per heavy atom. The maximum absolute atomic E-state index is 13.9. The lowest BCUT2D eigenvalue weighted by molar-refractivity contribution is 0.190. The number of hydrogen-bond acceptors (Lipinski definition) is 4. The summed E-state index contributed by atoms with van der Waals surface area (Å²) >= 11 is 0. The van der Waals surface area contributed by atoms with Gasteiger partial charge < -0.3 is 10.0 Å². The molecule has 1 atom stereocenters. The second kappa shape index (κ2) is 6.39. The molecule has 0 bridgehead atoms. The molecule has 0 amide bonds. The van der Waals surface area contributed by atoms with Gasteiger partial charge in [0.05, 0.1) is 6.61 Å². The first-order valence-corrected chi connectivity index (χ1v) is 8.36. The van der Waals surface area contributed by atoms with Crippen molar-refractivity contribution in [2.24, 2.45) is 0 Å². The van der Waals surface area contributed by atoms with Gasteiger partial charge in [-0.15, -0.1) is 0 Å². The Morgan fingerprint density at radius 2 is 2.14 bits per heavy atom. The van der Waals surface area contributed by atoms with Crippen molar-refractivity contribution in [1.82, 2.24) is 9.21 Å². The number of halogens is 1. The second-order valence-electron chi connectivity index (χ2n) is 5.55. The van der Waals surface area contributed by atoms with Gasteiger partial charge in [0.15, 0.2) is 0 Å². The molecule has 1 saturated heterocycles. The van der Waals surface area contributed by atoms with Crippen LogP contribution >= 0.6 is 0 Å². The minimum Gasteiger partial charge on any atom is -0.392 e. The van der Waals surface area contributed by atoms with Gasteiger partial charge >= 0.3 is 0 Å². The van der Waals surface area contributed by atoms with Gasteiger partial charge in [-0.25, -0.2) is 12.8 Å². The number of likely N-dealkylation sites (N-methyl/N-ethyl adjacent to an activating group) is 1. The fourth-order valence-electron chi connectivity index (χ4n) is 2.54. The van der Waals surface area contributed by atoms with E-state index in [-0.39, 0.29) is 17.5 Å². The molecular formula is C14H21FN2O3S. The van der Waals surface area contributed by atoms with E-state index in [0.717, 1.165) is 18.9 Å². The first-order chi connectivity index (χ1) is 9.86. The van der Waals surface area contributed by atoms with Gasteiger partial charge in [-0.3, -0.25) is 0 Å². The summed E-state index contributed by atoms with van der Waals surface area (Å²) in [5.74, 6) is -0.779. The third-order valence-electron chi connectivity index (χ3n) is 3.89. The molecule has 1 heterocycles. The lowest BCUT2D eigenvalue weighted by Gasteiger charge is -2.35. The van der Waals surface area contributed by atoms with Crippen molar-refractivity contribution < 1.29 is 17.9 Å². The van der Waals surface area contributed by atoms with Crippen molar-refractivity contribution in [3.8, 4) is 0 Å². The molecule has 1 fully saturated rings. The van der Waals surface area contributed by atoms with Crippen molar-refractivity contribution in [1.29, 1.82) is 0 Å². The highest BCUT2D eigenvalue weighted by molar-refractivity contribution is 7.89. The number of hydrogen-bond donors (Lipinski definition) is 1. The maximum Gasteiger partial charge on any atom is 0.246 e. The van der Waals surface area contributed by atoms with Gasteiger partial charge in [0.25, 0.3) is 0 Å². The van der Waals surface area contributed by atoms with E-state index in [9.17, 15) is 12.8 Å². The first kappa shape index (κ1) is 16.4. The molecule has 1 aromatic rings. The van der Waals surface area contributed by atoms with Crippen LogP contribution in [0.1, 0.15) is 18.4 Å². The second-order valence-corrected chi connectivity index (χ2v) is 7.45. The summed E-state index contributed by atoms with van der Waals surface area (Å²) in [6.45, 7) is 0.441. The van der Waals surface area contributed by atoms with Crippen LogP contribution in [-0.4, -0.2) is 56.0 Å². The van der Waals surface area contributed by atoms with E-state index in [2.05, 4.69) is 0 Å². The molecule has 7 heteroatoms. The monoisotopic (exact) mass is 316 g/mol. The molecule has 0 aromatic heterocycles. The predicted octanol–water partition coefficient (Wildman–Crippen LogP) is 1.03. The van der Waals surface area contributed by atoms with Crippen LogP contribution in [-0.2, 0) is 16.6 Å². The van der Waals surface area contributed by atoms with Gasteiger partial charge in [0, 0.05) is 19.1 Å². The topological polar surface area (TPSA) is 60.9 Å². The zero-order valence-corrected chi connectivity index (χ0v) is 13.1. The highest BCUT2D eigenvalue weighted by Gasteiger charge is 2.32. The van der Waals surface area contributed by atoms with Crippen molar-refractivity contribution >= 4 is 10.0 Å². The third kappa shape index (κ3) is 3.42. The van der Waals surface area contributed by atoms with Gasteiger partial charge in [-0.05, 0) is 44.6 Å². The zero-order chi connectivity index (χ0) is 15.6. The minimum atomic E-state index is -3.87. The third-order valence-corrected chi connectivity index (χ3v) is 5.77. The van der Waals surface area contributed by atoms with Crippen LogP contribution in [0, 0.1) is 5.82 Å². The summed E-state index contributed by atoms with van der Waals surface area (Å²) in [5, 5.41) is 9.11. The Morgan fingerprint density at radius 1 is 1.43 bits per heavy atom. The highest BCUT2D eigenvalue weighted by atomic mass is 32.2. The number of benzene rings is 1. The lowest BCUT2D eigenvalue weighted by atomic mass is 10.1. The molecule has 0 aliphatic carbocycles. The van der Waals surface area contributed by atoms with E-state index in [1.54, 1.807) is 0 Å². The molecule has 21 heavy (non-hydrogen) atoms. The molecule has 2 rings (SSSR count). The van der Waals surface area contributed by atoms with Crippen LogP contribution < -0.4 is 0 Å². The van der Waals surface area contributed by atoms with Crippen LogP contribution in [0.15, 0.2) is 23.1 Å². The number of aliphatic hydroxyl groups is 1. The molecule has 0 saturated carbocycles. The summed E-state index contributed by atoms with van der Waals surface area (Å²) in [6, 6.07) is 3.82. The largest absolute Gasteiger partial charge is 0.392 e. The average molecular weight is 316 g/mol. The van der Waals surface area contributed by atoms with Crippen molar-refractivity contribution in [3.63, 3.8) is 0 Å². The summed E-state index contributed by atoms with van der Waals surface area (Å²) in [4.78, 5) is 1.63. The van der Waals surface area contributed by atoms with Crippen molar-refractivity contribution in [3.05, 3.63) is 29.6 Å². The molecule has 118 valence electrons. The molecule has 1 N–H and O–H groups in total. The van der Waals surface area contributed by atoms with Gasteiger partial charge in [-0.1, -0.05) is 6.07 Å². The normalized spacial score (nSPS) is 20.9. The Hall–Kier alpha value is -1.02. The van der Waals surface area contributed by atoms with Crippen LogP contribution in [0.4, 0.5) is 4.39 Å². The summed E-state index contributed by atoms with van der Waals surface area (Å²) < 4.78 is 40.5. The Balaban J connectivity index is 2.33. The van der Waals surface area contributed by atoms with Gasteiger partial charge in [0.1, 0.15) is 10.7 Å². The zero-order valence-electron chi connectivity index (χ0n) is 12.3. The number of rotatable bonds is 4. The lowest BCUT2D eigenvalue weighted by Crippen LogP contribution is -2.47. The molecule has 0 radical (unpaired) electrons. The van der Waals surface area contributed by atoms with E-state index >= 15 is 0 Å². The number of aliphatic hydroxyl groups excluding tert-OH is 1. The smallest absolute Gasteiger partial charge is 0.246 e. The van der Waals surface area contributed by atoms with Crippen molar-refractivity contribution in [2.75, 3.05) is 27.2 Å². The molecule has 1 unspecified atom stereocenters. The van der Waals surface area contributed by atoms with E-state index in [4.69, 9.17) is 5.11 Å². The quantitative estimate of drug-likeness (QED) is 0.901. The van der Waals surface area contributed by atoms with E-state index in [1.807, 2.05) is 19.0 Å². The molecule has 1 aliphatic rings.